The average molecular weight is 471 g/mol. The number of hydrogen-bond donors (Lipinski definition) is 2. The molecule has 0 saturated heterocycles. The van der Waals surface area contributed by atoms with E-state index in [1.807, 2.05) is 25.5 Å². The molecule has 1 atom stereocenters. The number of benzene rings is 2. The van der Waals surface area contributed by atoms with Crippen LogP contribution in [-0.2, 0) is 17.1 Å². The maximum atomic E-state index is 13.2. The molecule has 0 unspecified atom stereocenters. The van der Waals surface area contributed by atoms with Crippen molar-refractivity contribution in [2.24, 2.45) is 13.0 Å². The predicted molar refractivity (Wildman–Crippen MR) is 129 cm³/mol. The maximum absolute atomic E-state index is 13.2. The summed E-state index contributed by atoms with van der Waals surface area (Å²) in [5.41, 5.74) is 3.54. The molecule has 1 aliphatic carbocycles. The second-order valence-electron chi connectivity index (χ2n) is 8.98. The number of allylic oxidation sites excluding steroid dienone is 1. The Hall–Kier alpha value is -2.71. The van der Waals surface area contributed by atoms with Crippen LogP contribution in [0.4, 0.5) is 4.39 Å². The first-order chi connectivity index (χ1) is 15.6. The first-order valence-electron chi connectivity index (χ1n) is 11.3. The molecule has 1 aliphatic rings. The van der Waals surface area contributed by atoms with Gasteiger partial charge in [0.05, 0.1) is 15.9 Å². The number of rotatable bonds is 7. The number of nitrogens with one attached hydrogen (secondary N) is 2. The van der Waals surface area contributed by atoms with Crippen LogP contribution >= 0.6 is 0 Å². The van der Waals surface area contributed by atoms with Crippen LogP contribution in [0.15, 0.2) is 59.6 Å². The van der Waals surface area contributed by atoms with Gasteiger partial charge in [0, 0.05) is 24.8 Å². The molecule has 0 radical (unpaired) electrons. The summed E-state index contributed by atoms with van der Waals surface area (Å²) >= 11 is 0. The summed E-state index contributed by atoms with van der Waals surface area (Å²) in [5.74, 6) is 0.871. The summed E-state index contributed by atoms with van der Waals surface area (Å²) < 4.78 is 43.9. The minimum Gasteiger partial charge on any atom is -0.382 e. The standard InChI is InChI=1S/C25H31FN4O2S/c1-16(19-5-9-21(26)10-6-19)27-17(2)20-7-11-22(12-8-20)29-33(31,32)23-13-14-25-24(15-23)28-18(3)30(25)4/h5-6,9-10,13-16,20,22,27,29H,2,7-8,11-12H2,1,3-4H3/t16-,20-,22-/m1/s1. The zero-order valence-corrected chi connectivity index (χ0v) is 20.1. The summed E-state index contributed by atoms with van der Waals surface area (Å²) in [6.07, 6.45) is 3.21. The van der Waals surface area contributed by atoms with E-state index < -0.39 is 10.0 Å². The van der Waals surface area contributed by atoms with E-state index in [2.05, 4.69) is 21.6 Å². The van der Waals surface area contributed by atoms with E-state index in [-0.39, 0.29) is 28.7 Å². The number of halogens is 1. The van der Waals surface area contributed by atoms with Crippen LogP contribution in [0.1, 0.15) is 50.0 Å². The molecular formula is C25H31FN4O2S. The van der Waals surface area contributed by atoms with E-state index in [0.29, 0.717) is 5.52 Å². The molecule has 6 nitrogen and oxygen atoms in total. The highest BCUT2D eigenvalue weighted by Gasteiger charge is 2.27. The van der Waals surface area contributed by atoms with Crippen LogP contribution < -0.4 is 10.0 Å². The molecule has 2 N–H and O–H groups in total. The van der Waals surface area contributed by atoms with Gasteiger partial charge >= 0.3 is 0 Å². The van der Waals surface area contributed by atoms with Crippen LogP contribution in [0.2, 0.25) is 0 Å². The van der Waals surface area contributed by atoms with Crippen LogP contribution in [0.5, 0.6) is 0 Å². The fourth-order valence-corrected chi connectivity index (χ4v) is 5.87. The molecule has 176 valence electrons. The van der Waals surface area contributed by atoms with Crippen molar-refractivity contribution in [1.29, 1.82) is 0 Å². The Morgan fingerprint density at radius 1 is 1.15 bits per heavy atom. The Morgan fingerprint density at radius 2 is 1.82 bits per heavy atom. The van der Waals surface area contributed by atoms with Gasteiger partial charge in [-0.05, 0) is 81.3 Å². The summed E-state index contributed by atoms with van der Waals surface area (Å²) in [6.45, 7) is 8.14. The molecule has 0 bridgehead atoms. The van der Waals surface area contributed by atoms with E-state index >= 15 is 0 Å². The van der Waals surface area contributed by atoms with Crippen molar-refractivity contribution in [1.82, 2.24) is 19.6 Å². The second-order valence-corrected chi connectivity index (χ2v) is 10.7. The predicted octanol–water partition coefficient (Wildman–Crippen LogP) is 4.72. The van der Waals surface area contributed by atoms with Crippen molar-refractivity contribution in [2.45, 2.75) is 56.5 Å². The van der Waals surface area contributed by atoms with Gasteiger partial charge in [-0.25, -0.2) is 22.5 Å². The van der Waals surface area contributed by atoms with Crippen LogP contribution in [-0.4, -0.2) is 24.0 Å². The lowest BCUT2D eigenvalue weighted by Crippen LogP contribution is -2.38. The highest BCUT2D eigenvalue weighted by Crippen LogP contribution is 2.30. The summed E-state index contributed by atoms with van der Waals surface area (Å²) in [5, 5.41) is 3.43. The van der Waals surface area contributed by atoms with Gasteiger partial charge in [0.25, 0.3) is 0 Å². The van der Waals surface area contributed by atoms with Crippen molar-refractivity contribution in [3.63, 3.8) is 0 Å². The molecule has 2 aromatic carbocycles. The van der Waals surface area contributed by atoms with E-state index in [9.17, 15) is 12.8 Å². The smallest absolute Gasteiger partial charge is 0.240 e. The first kappa shape index (κ1) is 23.4. The number of imidazole rings is 1. The molecular weight excluding hydrogens is 439 g/mol. The first-order valence-corrected chi connectivity index (χ1v) is 12.8. The Labute approximate surface area is 195 Å². The van der Waals surface area contributed by atoms with Gasteiger partial charge in [-0.15, -0.1) is 0 Å². The molecule has 1 saturated carbocycles. The quantitative estimate of drug-likeness (QED) is 0.524. The van der Waals surface area contributed by atoms with Crippen molar-refractivity contribution < 1.29 is 12.8 Å². The van der Waals surface area contributed by atoms with Gasteiger partial charge in [0.2, 0.25) is 10.0 Å². The molecule has 0 amide bonds. The highest BCUT2D eigenvalue weighted by atomic mass is 32.2. The molecule has 0 aliphatic heterocycles. The lowest BCUT2D eigenvalue weighted by molar-refractivity contribution is 0.331. The third kappa shape index (κ3) is 5.12. The summed E-state index contributed by atoms with van der Waals surface area (Å²) in [4.78, 5) is 4.69. The monoisotopic (exact) mass is 470 g/mol. The second kappa shape index (κ2) is 9.27. The minimum absolute atomic E-state index is 0.0273. The molecule has 8 heteroatoms. The normalized spacial score (nSPS) is 20.0. The average Bonchev–Trinajstić information content (AvgIpc) is 3.07. The summed E-state index contributed by atoms with van der Waals surface area (Å²) in [7, 11) is -1.70. The molecule has 1 aromatic heterocycles. The van der Waals surface area contributed by atoms with Gasteiger partial charge in [0.1, 0.15) is 11.6 Å². The Bertz CT molecular complexity index is 1260. The lowest BCUT2D eigenvalue weighted by Gasteiger charge is -2.31. The van der Waals surface area contributed by atoms with Gasteiger partial charge in [-0.2, -0.15) is 0 Å². The number of hydrogen-bond acceptors (Lipinski definition) is 4. The summed E-state index contributed by atoms with van der Waals surface area (Å²) in [6, 6.07) is 11.5. The zero-order valence-electron chi connectivity index (χ0n) is 19.3. The van der Waals surface area contributed by atoms with Gasteiger partial charge in [-0.3, -0.25) is 0 Å². The Balaban J connectivity index is 1.33. The highest BCUT2D eigenvalue weighted by molar-refractivity contribution is 7.89. The SMILES string of the molecule is C=C(N[C@H](C)c1ccc(F)cc1)[C@H]1CC[C@H](NS(=O)(=O)c2ccc3c(c2)nc(C)n3C)CC1. The van der Waals surface area contributed by atoms with Crippen molar-refractivity contribution >= 4 is 21.1 Å². The number of nitrogens with zero attached hydrogens (tertiary/aromatic N) is 2. The molecule has 4 rings (SSSR count). The fourth-order valence-electron chi connectivity index (χ4n) is 4.55. The van der Waals surface area contributed by atoms with E-state index in [4.69, 9.17) is 0 Å². The van der Waals surface area contributed by atoms with Gasteiger partial charge < -0.3 is 9.88 Å². The lowest BCUT2D eigenvalue weighted by atomic mass is 9.84. The number of fused-ring (bicyclic) bond motifs is 1. The molecule has 33 heavy (non-hydrogen) atoms. The molecule has 1 heterocycles. The van der Waals surface area contributed by atoms with Crippen molar-refractivity contribution in [3.05, 3.63) is 71.9 Å². The Morgan fingerprint density at radius 3 is 2.48 bits per heavy atom. The van der Waals surface area contributed by atoms with E-state index in [1.54, 1.807) is 30.3 Å². The topological polar surface area (TPSA) is 76.0 Å². The van der Waals surface area contributed by atoms with Crippen LogP contribution in [0.3, 0.4) is 0 Å². The molecule has 3 aromatic rings. The number of aromatic nitrogens is 2. The third-order valence-corrected chi connectivity index (χ3v) is 8.22. The molecule has 1 fully saturated rings. The third-order valence-electron chi connectivity index (χ3n) is 6.70. The van der Waals surface area contributed by atoms with Crippen molar-refractivity contribution in [2.75, 3.05) is 0 Å². The van der Waals surface area contributed by atoms with Crippen molar-refractivity contribution in [3.8, 4) is 0 Å². The number of aryl methyl sites for hydroxylation is 2. The minimum atomic E-state index is -3.62. The number of sulfonamides is 1. The van der Waals surface area contributed by atoms with E-state index in [0.717, 1.165) is 48.3 Å². The molecule has 0 spiro atoms. The van der Waals surface area contributed by atoms with Gasteiger partial charge in [0.15, 0.2) is 0 Å². The zero-order chi connectivity index (χ0) is 23.8. The Kier molecular flexibility index (Phi) is 6.59. The maximum Gasteiger partial charge on any atom is 0.240 e. The fraction of sp³-hybridized carbons (Fsp3) is 0.400. The largest absolute Gasteiger partial charge is 0.382 e. The van der Waals surface area contributed by atoms with Crippen LogP contribution in [0.25, 0.3) is 11.0 Å². The van der Waals surface area contributed by atoms with Gasteiger partial charge in [-0.1, -0.05) is 18.7 Å². The van der Waals surface area contributed by atoms with E-state index in [1.165, 1.54) is 12.1 Å². The van der Waals surface area contributed by atoms with Crippen LogP contribution in [0, 0.1) is 18.7 Å².